The minimum absolute atomic E-state index is 0.137. The number of ether oxygens (including phenoxy) is 2. The highest BCUT2D eigenvalue weighted by molar-refractivity contribution is 5.77. The van der Waals surface area contributed by atoms with Crippen LogP contribution in [0.1, 0.15) is 25.0 Å². The minimum Gasteiger partial charge on any atom is -0.496 e. The van der Waals surface area contributed by atoms with Gasteiger partial charge >= 0.3 is 0 Å². The first-order chi connectivity index (χ1) is 12.9. The van der Waals surface area contributed by atoms with Crippen molar-refractivity contribution in [3.05, 3.63) is 29.3 Å². The van der Waals surface area contributed by atoms with Crippen LogP contribution in [0.2, 0.25) is 0 Å². The number of amides is 1. The Hall–Kier alpha value is -1.63. The van der Waals surface area contributed by atoms with Gasteiger partial charge in [-0.1, -0.05) is 11.6 Å². The summed E-state index contributed by atoms with van der Waals surface area (Å²) in [5, 5.41) is 0. The van der Waals surface area contributed by atoms with Crippen molar-refractivity contribution in [2.24, 2.45) is 0 Å². The quantitative estimate of drug-likeness (QED) is 0.687. The molecule has 1 aromatic carbocycles. The van der Waals surface area contributed by atoms with Crippen LogP contribution in [0.15, 0.2) is 18.2 Å². The maximum atomic E-state index is 12.7. The Morgan fingerprint density at radius 2 is 1.78 bits per heavy atom. The van der Waals surface area contributed by atoms with Crippen LogP contribution in [0, 0.1) is 6.92 Å². The van der Waals surface area contributed by atoms with E-state index in [1.165, 1.54) is 16.0 Å². The van der Waals surface area contributed by atoms with Gasteiger partial charge in [-0.25, -0.2) is 0 Å². The Labute approximate surface area is 163 Å². The van der Waals surface area contributed by atoms with Crippen molar-refractivity contribution in [2.75, 3.05) is 52.9 Å². The number of piperazine rings is 1. The average Bonchev–Trinajstić information content (AvgIpc) is 2.63. The summed E-state index contributed by atoms with van der Waals surface area (Å²) >= 11 is 0. The Bertz CT molecular complexity index is 634. The SMILES string of the molecule is COc1ccc(C)cc1C[NH+]1CC[NH+](CC(=O)N2C[C@H](C)O[C@@H](C)C2)CC1. The van der Waals surface area contributed by atoms with Crippen molar-refractivity contribution in [3.63, 3.8) is 0 Å². The third-order valence-corrected chi connectivity index (χ3v) is 5.71. The first kappa shape index (κ1) is 20.1. The maximum Gasteiger partial charge on any atom is 0.277 e. The molecule has 1 amide bonds. The fourth-order valence-corrected chi connectivity index (χ4v) is 4.33. The number of carbonyl (C=O) groups is 1. The van der Waals surface area contributed by atoms with Gasteiger partial charge in [-0.05, 0) is 32.9 Å². The first-order valence-corrected chi connectivity index (χ1v) is 10.2. The Morgan fingerprint density at radius 1 is 1.15 bits per heavy atom. The van der Waals surface area contributed by atoms with Crippen LogP contribution in [-0.4, -0.2) is 75.9 Å². The summed E-state index contributed by atoms with van der Waals surface area (Å²) in [5.74, 6) is 1.25. The van der Waals surface area contributed by atoms with Gasteiger partial charge in [-0.15, -0.1) is 0 Å². The number of benzene rings is 1. The van der Waals surface area contributed by atoms with Gasteiger partial charge in [0.25, 0.3) is 5.91 Å². The fraction of sp³-hybridized carbons (Fsp3) is 0.667. The molecule has 2 aliphatic heterocycles. The van der Waals surface area contributed by atoms with Crippen LogP contribution in [0.5, 0.6) is 5.75 Å². The van der Waals surface area contributed by atoms with E-state index in [9.17, 15) is 4.79 Å². The van der Waals surface area contributed by atoms with Gasteiger partial charge in [0.15, 0.2) is 6.54 Å². The topological polar surface area (TPSA) is 47.7 Å². The third kappa shape index (κ3) is 5.43. The summed E-state index contributed by atoms with van der Waals surface area (Å²) in [6, 6.07) is 6.39. The van der Waals surface area contributed by atoms with E-state index in [-0.39, 0.29) is 18.1 Å². The molecule has 0 bridgehead atoms. The second-order valence-electron chi connectivity index (χ2n) is 8.22. The lowest BCUT2D eigenvalue weighted by atomic mass is 10.1. The molecule has 2 fully saturated rings. The van der Waals surface area contributed by atoms with Crippen molar-refractivity contribution in [1.29, 1.82) is 0 Å². The van der Waals surface area contributed by atoms with Gasteiger partial charge in [-0.2, -0.15) is 0 Å². The number of rotatable bonds is 5. The zero-order valence-corrected chi connectivity index (χ0v) is 17.2. The van der Waals surface area contributed by atoms with E-state index in [0.29, 0.717) is 6.54 Å². The van der Waals surface area contributed by atoms with Crippen LogP contribution in [0.4, 0.5) is 0 Å². The first-order valence-electron chi connectivity index (χ1n) is 10.2. The molecule has 27 heavy (non-hydrogen) atoms. The molecular formula is C21H35N3O3+2. The average molecular weight is 378 g/mol. The van der Waals surface area contributed by atoms with Gasteiger partial charge in [-0.3, -0.25) is 4.79 Å². The van der Waals surface area contributed by atoms with E-state index in [1.807, 2.05) is 18.7 Å². The lowest BCUT2D eigenvalue weighted by molar-refractivity contribution is -1.02. The largest absolute Gasteiger partial charge is 0.496 e. The minimum atomic E-state index is 0.137. The van der Waals surface area contributed by atoms with Crippen LogP contribution >= 0.6 is 0 Å². The van der Waals surface area contributed by atoms with Crippen molar-refractivity contribution in [1.82, 2.24) is 4.90 Å². The number of aryl methyl sites for hydroxylation is 1. The number of morpholine rings is 1. The Kier molecular flexibility index (Phi) is 6.73. The molecule has 2 atom stereocenters. The number of quaternary nitrogens is 2. The molecule has 0 unspecified atom stereocenters. The highest BCUT2D eigenvalue weighted by Crippen LogP contribution is 2.18. The molecule has 2 aliphatic rings. The second kappa shape index (κ2) is 9.04. The van der Waals surface area contributed by atoms with E-state index >= 15 is 0 Å². The molecule has 1 aromatic rings. The lowest BCUT2D eigenvalue weighted by Crippen LogP contribution is -3.28. The van der Waals surface area contributed by atoms with Crippen molar-refractivity contribution >= 4 is 5.91 Å². The van der Waals surface area contributed by atoms with Crippen LogP contribution in [-0.2, 0) is 16.1 Å². The van der Waals surface area contributed by atoms with Crippen molar-refractivity contribution in [3.8, 4) is 5.75 Å². The molecule has 3 rings (SSSR count). The van der Waals surface area contributed by atoms with E-state index in [0.717, 1.165) is 51.6 Å². The fourth-order valence-electron chi connectivity index (χ4n) is 4.33. The summed E-state index contributed by atoms with van der Waals surface area (Å²) in [4.78, 5) is 17.6. The van der Waals surface area contributed by atoms with Gasteiger partial charge in [0.05, 0.1) is 19.3 Å². The van der Waals surface area contributed by atoms with Crippen LogP contribution in [0.3, 0.4) is 0 Å². The van der Waals surface area contributed by atoms with Gasteiger partial charge < -0.3 is 24.2 Å². The molecule has 0 aromatic heterocycles. The van der Waals surface area contributed by atoms with E-state index < -0.39 is 0 Å². The number of nitrogens with one attached hydrogen (secondary N) is 2. The van der Waals surface area contributed by atoms with Gasteiger partial charge in [0.2, 0.25) is 0 Å². The zero-order valence-electron chi connectivity index (χ0n) is 17.2. The summed E-state index contributed by atoms with van der Waals surface area (Å²) in [5.41, 5.74) is 2.55. The van der Waals surface area contributed by atoms with E-state index in [2.05, 4.69) is 25.1 Å². The van der Waals surface area contributed by atoms with Crippen LogP contribution in [0.25, 0.3) is 0 Å². The van der Waals surface area contributed by atoms with E-state index in [4.69, 9.17) is 9.47 Å². The van der Waals surface area contributed by atoms with E-state index in [1.54, 1.807) is 12.0 Å². The normalized spacial score (nSPS) is 28.8. The molecule has 2 heterocycles. The maximum absolute atomic E-state index is 12.7. The molecular weight excluding hydrogens is 342 g/mol. The molecule has 6 heteroatoms. The summed E-state index contributed by atoms with van der Waals surface area (Å²) in [7, 11) is 1.74. The number of nitrogens with zero attached hydrogens (tertiary/aromatic N) is 1. The zero-order chi connectivity index (χ0) is 19.4. The van der Waals surface area contributed by atoms with Crippen molar-refractivity contribution < 1.29 is 24.1 Å². The predicted molar refractivity (Wildman–Crippen MR) is 104 cm³/mol. The number of hydrogen-bond donors (Lipinski definition) is 2. The molecule has 0 spiro atoms. The van der Waals surface area contributed by atoms with Gasteiger partial charge in [0.1, 0.15) is 38.5 Å². The smallest absolute Gasteiger partial charge is 0.277 e. The standard InChI is InChI=1S/C21H33N3O3/c1-16-5-6-20(26-4)19(11-16)14-22-7-9-23(10-8-22)15-21(25)24-12-17(2)27-18(3)13-24/h5-6,11,17-18H,7-10,12-15H2,1-4H3/p+2/t17-,18-/m0/s1. The van der Waals surface area contributed by atoms with Crippen molar-refractivity contribution in [2.45, 2.75) is 39.5 Å². The summed E-state index contributed by atoms with van der Waals surface area (Å²) < 4.78 is 11.3. The molecule has 2 N–H and O–H groups in total. The highest BCUT2D eigenvalue weighted by Gasteiger charge is 2.30. The Morgan fingerprint density at radius 3 is 2.41 bits per heavy atom. The number of hydrogen-bond acceptors (Lipinski definition) is 3. The molecule has 0 saturated carbocycles. The molecule has 6 nitrogen and oxygen atoms in total. The van der Waals surface area contributed by atoms with Gasteiger partial charge in [0, 0.05) is 18.7 Å². The Balaban J connectivity index is 1.48. The molecule has 150 valence electrons. The van der Waals surface area contributed by atoms with Crippen LogP contribution < -0.4 is 14.5 Å². The third-order valence-electron chi connectivity index (χ3n) is 5.71. The second-order valence-corrected chi connectivity index (χ2v) is 8.22. The number of carbonyl (C=O) groups excluding carboxylic acids is 1. The highest BCUT2D eigenvalue weighted by atomic mass is 16.5. The lowest BCUT2D eigenvalue weighted by Gasteiger charge is -2.36. The predicted octanol–water partition coefficient (Wildman–Crippen LogP) is -1.08. The number of methoxy groups -OCH3 is 1. The monoisotopic (exact) mass is 377 g/mol. The molecule has 0 radical (unpaired) electrons. The molecule has 0 aliphatic carbocycles. The summed E-state index contributed by atoms with van der Waals surface area (Å²) in [6.07, 6.45) is 0.275. The molecule has 2 saturated heterocycles. The summed E-state index contributed by atoms with van der Waals surface area (Å²) in [6.45, 7) is 13.5.